The van der Waals surface area contributed by atoms with Gasteiger partial charge in [0.2, 0.25) is 0 Å². The Morgan fingerprint density at radius 3 is 1.22 bits per heavy atom. The van der Waals surface area contributed by atoms with Gasteiger partial charge in [-0.05, 0) is 38.5 Å². The Bertz CT molecular complexity index is 516. The van der Waals surface area contributed by atoms with Gasteiger partial charge < -0.3 is 9.47 Å². The molecule has 3 heteroatoms. The summed E-state index contributed by atoms with van der Waals surface area (Å²) in [4.78, 5) is 11.9. The second-order valence-electron chi connectivity index (χ2n) is 12.5. The standard InChI is InChI=1S/C38H74O3/c1-3-5-7-9-11-13-15-17-19-21-23-25-27-29-31-33-35-40-36-37-41-38(39)34-32-30-28-26-24-22-20-18-16-14-12-10-8-6-4-2/h18,20H,3-17,19,21-37H2,1-2H3/b20-18+. The van der Waals surface area contributed by atoms with E-state index >= 15 is 0 Å². The molecule has 0 saturated heterocycles. The number of hydrogen-bond donors (Lipinski definition) is 0. The number of unbranched alkanes of at least 4 members (excludes halogenated alkanes) is 26. The highest BCUT2D eigenvalue weighted by Gasteiger charge is 2.02. The van der Waals surface area contributed by atoms with Crippen LogP contribution in [0.1, 0.15) is 206 Å². The minimum absolute atomic E-state index is 0.0614. The smallest absolute Gasteiger partial charge is 0.305 e. The number of carbonyl (C=O) groups excluding carboxylic acids is 1. The van der Waals surface area contributed by atoms with Crippen LogP contribution in [0.25, 0.3) is 0 Å². The van der Waals surface area contributed by atoms with Gasteiger partial charge >= 0.3 is 5.97 Å². The van der Waals surface area contributed by atoms with E-state index in [2.05, 4.69) is 26.0 Å². The number of esters is 1. The van der Waals surface area contributed by atoms with Crippen LogP contribution in [0.4, 0.5) is 0 Å². The van der Waals surface area contributed by atoms with Crippen LogP contribution in [-0.2, 0) is 14.3 Å². The molecule has 0 atom stereocenters. The Hall–Kier alpha value is -0.830. The van der Waals surface area contributed by atoms with Crippen molar-refractivity contribution in [1.29, 1.82) is 0 Å². The fourth-order valence-electron chi connectivity index (χ4n) is 5.48. The van der Waals surface area contributed by atoms with Crippen molar-refractivity contribution in [3.8, 4) is 0 Å². The first kappa shape index (κ1) is 40.2. The van der Waals surface area contributed by atoms with Crippen LogP contribution in [0, 0.1) is 0 Å². The maximum atomic E-state index is 11.9. The predicted molar refractivity (Wildman–Crippen MR) is 181 cm³/mol. The lowest BCUT2D eigenvalue weighted by Crippen LogP contribution is -2.10. The molecule has 0 aromatic rings. The first-order valence-corrected chi connectivity index (χ1v) is 18.7. The lowest BCUT2D eigenvalue weighted by molar-refractivity contribution is -0.145. The SMILES string of the molecule is CCCCCCCC/C=C/CCCCCCCC(=O)OCCOCCCCCCCCCCCCCCCCCC. The molecule has 0 N–H and O–H groups in total. The summed E-state index contributed by atoms with van der Waals surface area (Å²) in [6.45, 7) is 6.30. The quantitative estimate of drug-likeness (QED) is 0.0426. The van der Waals surface area contributed by atoms with E-state index in [9.17, 15) is 4.79 Å². The molecule has 0 aromatic carbocycles. The van der Waals surface area contributed by atoms with Crippen LogP contribution in [0.5, 0.6) is 0 Å². The number of carbonyl (C=O) groups is 1. The van der Waals surface area contributed by atoms with E-state index in [0.29, 0.717) is 19.6 Å². The number of rotatable bonds is 35. The van der Waals surface area contributed by atoms with E-state index in [4.69, 9.17) is 9.47 Å². The second-order valence-corrected chi connectivity index (χ2v) is 12.5. The molecule has 0 unspecified atom stereocenters. The zero-order chi connectivity index (χ0) is 29.7. The molecule has 0 aliphatic rings. The highest BCUT2D eigenvalue weighted by molar-refractivity contribution is 5.69. The third-order valence-corrected chi connectivity index (χ3v) is 8.28. The van der Waals surface area contributed by atoms with Gasteiger partial charge in [-0.2, -0.15) is 0 Å². The molecule has 0 rings (SSSR count). The van der Waals surface area contributed by atoms with Crippen molar-refractivity contribution >= 4 is 5.97 Å². The van der Waals surface area contributed by atoms with Gasteiger partial charge in [0, 0.05) is 13.0 Å². The minimum atomic E-state index is -0.0614. The van der Waals surface area contributed by atoms with E-state index in [1.807, 2.05) is 0 Å². The Balaban J connectivity index is 3.17. The van der Waals surface area contributed by atoms with Crippen molar-refractivity contribution in [2.24, 2.45) is 0 Å². The molecule has 0 fully saturated rings. The molecule has 0 spiro atoms. The molecule has 3 nitrogen and oxygen atoms in total. The molecule has 0 amide bonds. The molecular weight excluding hydrogens is 504 g/mol. The van der Waals surface area contributed by atoms with Crippen LogP contribution in [0.3, 0.4) is 0 Å². The van der Waals surface area contributed by atoms with Crippen LogP contribution in [-0.4, -0.2) is 25.8 Å². The lowest BCUT2D eigenvalue weighted by atomic mass is 10.0. The fraction of sp³-hybridized carbons (Fsp3) is 0.921. The Labute approximate surface area is 258 Å². The second kappa shape index (κ2) is 37.2. The van der Waals surface area contributed by atoms with Crippen LogP contribution >= 0.6 is 0 Å². The maximum absolute atomic E-state index is 11.9. The number of allylic oxidation sites excluding steroid dienone is 2. The van der Waals surface area contributed by atoms with Gasteiger partial charge in [-0.15, -0.1) is 0 Å². The normalized spacial score (nSPS) is 11.6. The Morgan fingerprint density at radius 2 is 0.780 bits per heavy atom. The summed E-state index contributed by atoms with van der Waals surface area (Å²) in [5.74, 6) is -0.0614. The molecule has 41 heavy (non-hydrogen) atoms. The van der Waals surface area contributed by atoms with Gasteiger partial charge in [-0.1, -0.05) is 174 Å². The maximum Gasteiger partial charge on any atom is 0.305 e. The van der Waals surface area contributed by atoms with Crippen molar-refractivity contribution in [2.75, 3.05) is 19.8 Å². The van der Waals surface area contributed by atoms with Crippen LogP contribution in [0.15, 0.2) is 12.2 Å². The monoisotopic (exact) mass is 579 g/mol. The van der Waals surface area contributed by atoms with Crippen LogP contribution in [0.2, 0.25) is 0 Å². The molecule has 0 aromatic heterocycles. The third-order valence-electron chi connectivity index (χ3n) is 8.28. The molecule has 0 heterocycles. The Kier molecular flexibility index (Phi) is 36.4. The van der Waals surface area contributed by atoms with Crippen molar-refractivity contribution < 1.29 is 14.3 Å². The zero-order valence-corrected chi connectivity index (χ0v) is 28.2. The average molecular weight is 579 g/mol. The van der Waals surface area contributed by atoms with Gasteiger partial charge in [0.25, 0.3) is 0 Å². The zero-order valence-electron chi connectivity index (χ0n) is 28.2. The predicted octanol–water partition coefficient (Wildman–Crippen LogP) is 12.8. The largest absolute Gasteiger partial charge is 0.463 e. The van der Waals surface area contributed by atoms with Crippen LogP contribution < -0.4 is 0 Å². The summed E-state index contributed by atoms with van der Waals surface area (Å²) in [6, 6.07) is 0. The summed E-state index contributed by atoms with van der Waals surface area (Å²) < 4.78 is 11.0. The first-order valence-electron chi connectivity index (χ1n) is 18.7. The molecule has 0 radical (unpaired) electrons. The van der Waals surface area contributed by atoms with Gasteiger partial charge in [0.1, 0.15) is 6.61 Å². The molecule has 244 valence electrons. The number of ether oxygens (including phenoxy) is 2. The molecule has 0 aliphatic carbocycles. The molecule has 0 saturated carbocycles. The number of hydrogen-bond acceptors (Lipinski definition) is 3. The van der Waals surface area contributed by atoms with Crippen molar-refractivity contribution in [1.82, 2.24) is 0 Å². The summed E-state index contributed by atoms with van der Waals surface area (Å²) >= 11 is 0. The van der Waals surface area contributed by atoms with Gasteiger partial charge in [-0.3, -0.25) is 4.79 Å². The summed E-state index contributed by atoms with van der Waals surface area (Å²) in [7, 11) is 0. The Morgan fingerprint density at radius 1 is 0.415 bits per heavy atom. The van der Waals surface area contributed by atoms with E-state index in [1.54, 1.807) is 0 Å². The van der Waals surface area contributed by atoms with Crippen molar-refractivity contribution in [2.45, 2.75) is 206 Å². The highest BCUT2D eigenvalue weighted by Crippen LogP contribution is 2.14. The lowest BCUT2D eigenvalue weighted by Gasteiger charge is -2.07. The summed E-state index contributed by atoms with van der Waals surface area (Å²) in [6.07, 6.45) is 44.1. The highest BCUT2D eigenvalue weighted by atomic mass is 16.6. The van der Waals surface area contributed by atoms with E-state index in [1.165, 1.54) is 167 Å². The van der Waals surface area contributed by atoms with Gasteiger partial charge in [0.05, 0.1) is 6.61 Å². The van der Waals surface area contributed by atoms with Gasteiger partial charge in [0.15, 0.2) is 0 Å². The molecule has 0 bridgehead atoms. The minimum Gasteiger partial charge on any atom is -0.463 e. The molecule has 0 aliphatic heterocycles. The summed E-state index contributed by atoms with van der Waals surface area (Å²) in [5.41, 5.74) is 0. The van der Waals surface area contributed by atoms with Crippen molar-refractivity contribution in [3.05, 3.63) is 12.2 Å². The third kappa shape index (κ3) is 37.1. The van der Waals surface area contributed by atoms with E-state index in [-0.39, 0.29) is 5.97 Å². The van der Waals surface area contributed by atoms with E-state index < -0.39 is 0 Å². The first-order chi connectivity index (χ1) is 20.3. The fourth-order valence-corrected chi connectivity index (χ4v) is 5.48. The summed E-state index contributed by atoms with van der Waals surface area (Å²) in [5, 5.41) is 0. The van der Waals surface area contributed by atoms with Crippen molar-refractivity contribution in [3.63, 3.8) is 0 Å². The topological polar surface area (TPSA) is 35.5 Å². The van der Waals surface area contributed by atoms with E-state index in [0.717, 1.165) is 25.9 Å². The molecular formula is C38H74O3. The average Bonchev–Trinajstić information content (AvgIpc) is 2.98. The van der Waals surface area contributed by atoms with Gasteiger partial charge in [-0.25, -0.2) is 0 Å².